The van der Waals surface area contributed by atoms with Gasteiger partial charge in [0.15, 0.2) is 5.11 Å². The van der Waals surface area contributed by atoms with Crippen LogP contribution in [0.1, 0.15) is 23.5 Å². The van der Waals surface area contributed by atoms with Gasteiger partial charge in [-0.15, -0.1) is 0 Å². The molecule has 0 unspecified atom stereocenters. The fourth-order valence-corrected chi connectivity index (χ4v) is 5.63. The molecular formula is C26H22BrFN4O4S2. The maximum Gasteiger partial charge on any atom is 0.229 e. The molecule has 5 rings (SSSR count). The van der Waals surface area contributed by atoms with Crippen LogP contribution in [-0.4, -0.2) is 31.9 Å². The second-order valence-corrected chi connectivity index (χ2v) is 11.6. The summed E-state index contributed by atoms with van der Waals surface area (Å²) >= 11 is 9.01. The first kappa shape index (κ1) is 26.1. The van der Waals surface area contributed by atoms with Crippen LogP contribution in [0.3, 0.4) is 0 Å². The van der Waals surface area contributed by atoms with Crippen molar-refractivity contribution in [3.63, 3.8) is 0 Å². The zero-order chi connectivity index (χ0) is 27.0. The molecule has 12 heteroatoms. The Labute approximate surface area is 233 Å². The molecule has 196 valence electrons. The van der Waals surface area contributed by atoms with Crippen molar-refractivity contribution in [3.8, 4) is 17.1 Å². The Kier molecular flexibility index (Phi) is 7.12. The lowest BCUT2D eigenvalue weighted by atomic mass is 10.0. The van der Waals surface area contributed by atoms with Crippen molar-refractivity contribution in [1.82, 2.24) is 10.3 Å². The Morgan fingerprint density at radius 3 is 2.66 bits per heavy atom. The first-order valence-electron chi connectivity index (χ1n) is 11.4. The van der Waals surface area contributed by atoms with Gasteiger partial charge in [-0.3, -0.25) is 9.71 Å². The predicted molar refractivity (Wildman–Crippen MR) is 151 cm³/mol. The lowest BCUT2D eigenvalue weighted by Gasteiger charge is -2.27. The maximum absolute atomic E-state index is 14.7. The highest BCUT2D eigenvalue weighted by Crippen LogP contribution is 2.44. The van der Waals surface area contributed by atoms with Crippen LogP contribution < -0.4 is 19.7 Å². The Hall–Kier alpha value is -3.48. The maximum atomic E-state index is 14.7. The molecule has 2 N–H and O–H groups in total. The van der Waals surface area contributed by atoms with E-state index < -0.39 is 27.9 Å². The molecule has 8 nitrogen and oxygen atoms in total. The van der Waals surface area contributed by atoms with E-state index in [-0.39, 0.29) is 5.69 Å². The van der Waals surface area contributed by atoms with E-state index in [0.29, 0.717) is 38.1 Å². The number of aromatic nitrogens is 1. The van der Waals surface area contributed by atoms with Crippen LogP contribution in [0.5, 0.6) is 5.75 Å². The quantitative estimate of drug-likeness (QED) is 0.251. The number of nitrogens with zero attached hydrogens (tertiary/aromatic N) is 2. The Bertz CT molecular complexity index is 1610. The number of sulfonamides is 1. The normalized spacial score (nSPS) is 17.4. The first-order chi connectivity index (χ1) is 18.1. The Balaban J connectivity index is 1.62. The fourth-order valence-electron chi connectivity index (χ4n) is 4.39. The monoisotopic (exact) mass is 616 g/mol. The van der Waals surface area contributed by atoms with Gasteiger partial charge in [0.05, 0.1) is 36.4 Å². The van der Waals surface area contributed by atoms with E-state index in [4.69, 9.17) is 21.4 Å². The molecule has 0 saturated carbocycles. The van der Waals surface area contributed by atoms with Gasteiger partial charge >= 0.3 is 0 Å². The number of furan rings is 1. The lowest BCUT2D eigenvalue weighted by Crippen LogP contribution is -2.29. The van der Waals surface area contributed by atoms with E-state index in [1.54, 1.807) is 48.7 Å². The summed E-state index contributed by atoms with van der Waals surface area (Å²) in [5, 5.41) is 3.70. The molecule has 2 aromatic carbocycles. The molecule has 1 fully saturated rings. The van der Waals surface area contributed by atoms with Crippen LogP contribution in [0.4, 0.5) is 15.8 Å². The van der Waals surface area contributed by atoms with Crippen LogP contribution in [0.25, 0.3) is 11.3 Å². The SMILES string of the molecule is COc1ccc(N2C(=S)N[C@@H](c3ccccn3)[C@H]2c2ccc(-c3ccc(Br)cc3F)o2)cc1NS(C)(=O)=O. The number of pyridine rings is 1. The summed E-state index contributed by atoms with van der Waals surface area (Å²) in [5.74, 6) is 0.793. The minimum atomic E-state index is -3.58. The van der Waals surface area contributed by atoms with Crippen molar-refractivity contribution in [2.45, 2.75) is 12.1 Å². The highest BCUT2D eigenvalue weighted by atomic mass is 79.9. The van der Waals surface area contributed by atoms with Crippen LogP contribution in [-0.2, 0) is 10.0 Å². The van der Waals surface area contributed by atoms with Gasteiger partial charge < -0.3 is 19.4 Å². The zero-order valence-electron chi connectivity index (χ0n) is 20.2. The summed E-state index contributed by atoms with van der Waals surface area (Å²) in [4.78, 5) is 6.34. The smallest absolute Gasteiger partial charge is 0.229 e. The minimum Gasteiger partial charge on any atom is -0.495 e. The Morgan fingerprint density at radius 1 is 1.16 bits per heavy atom. The molecule has 3 heterocycles. The van der Waals surface area contributed by atoms with E-state index >= 15 is 0 Å². The van der Waals surface area contributed by atoms with Gasteiger partial charge in [-0.1, -0.05) is 22.0 Å². The highest BCUT2D eigenvalue weighted by molar-refractivity contribution is 9.10. The zero-order valence-corrected chi connectivity index (χ0v) is 23.4. The number of rotatable bonds is 7. The van der Waals surface area contributed by atoms with Crippen molar-refractivity contribution in [2.75, 3.05) is 23.0 Å². The van der Waals surface area contributed by atoms with Gasteiger partial charge in [0, 0.05) is 16.4 Å². The summed E-state index contributed by atoms with van der Waals surface area (Å²) in [6.45, 7) is 0. The molecule has 0 bridgehead atoms. The van der Waals surface area contributed by atoms with E-state index in [0.717, 1.165) is 11.9 Å². The van der Waals surface area contributed by atoms with Gasteiger partial charge in [-0.25, -0.2) is 12.8 Å². The van der Waals surface area contributed by atoms with E-state index in [1.165, 1.54) is 13.2 Å². The van der Waals surface area contributed by atoms with Gasteiger partial charge in [0.25, 0.3) is 0 Å². The molecule has 38 heavy (non-hydrogen) atoms. The fraction of sp³-hybridized carbons (Fsp3) is 0.154. The van der Waals surface area contributed by atoms with Crippen molar-refractivity contribution >= 4 is 54.7 Å². The van der Waals surface area contributed by atoms with Crippen LogP contribution in [0, 0.1) is 5.82 Å². The van der Waals surface area contributed by atoms with Gasteiger partial charge in [-0.2, -0.15) is 0 Å². The third-order valence-electron chi connectivity index (χ3n) is 5.97. The summed E-state index contributed by atoms with van der Waals surface area (Å²) < 4.78 is 53.4. The first-order valence-corrected chi connectivity index (χ1v) is 14.5. The predicted octanol–water partition coefficient (Wildman–Crippen LogP) is 5.80. The van der Waals surface area contributed by atoms with Crippen LogP contribution in [0.2, 0.25) is 0 Å². The van der Waals surface area contributed by atoms with E-state index in [2.05, 4.69) is 31.0 Å². The van der Waals surface area contributed by atoms with Gasteiger partial charge in [0.2, 0.25) is 10.0 Å². The third kappa shape index (κ3) is 5.24. The summed E-state index contributed by atoms with van der Waals surface area (Å²) in [6, 6.07) is 17.9. The molecule has 0 aliphatic carbocycles. The third-order valence-corrected chi connectivity index (χ3v) is 7.37. The number of nitrogens with one attached hydrogen (secondary N) is 2. The molecule has 2 aromatic heterocycles. The molecule has 0 amide bonds. The second kappa shape index (κ2) is 10.4. The van der Waals surface area contributed by atoms with Crippen molar-refractivity contribution in [2.24, 2.45) is 0 Å². The lowest BCUT2D eigenvalue weighted by molar-refractivity contribution is 0.416. The van der Waals surface area contributed by atoms with Crippen LogP contribution in [0.15, 0.2) is 81.8 Å². The molecule has 1 saturated heterocycles. The second-order valence-electron chi connectivity index (χ2n) is 8.58. The largest absolute Gasteiger partial charge is 0.495 e. The summed E-state index contributed by atoms with van der Waals surface area (Å²) in [7, 11) is -2.13. The standard InChI is InChI=1S/C26H22BrFN4O4S2/c1-35-22-9-7-16(14-20(22)31-38(2,33)34)32-25(24(30-26(32)37)19-5-3-4-12-29-19)23-11-10-21(36-23)17-8-6-15(27)13-18(17)28/h3-14,24-25,31H,1-2H3,(H,30,37)/t24-,25+/m0/s1. The molecule has 1 aliphatic rings. The highest BCUT2D eigenvalue weighted by Gasteiger charge is 2.43. The van der Waals surface area contributed by atoms with Gasteiger partial charge in [0.1, 0.15) is 29.1 Å². The number of benzene rings is 2. The van der Waals surface area contributed by atoms with Crippen LogP contribution >= 0.6 is 28.1 Å². The minimum absolute atomic E-state index is 0.257. The number of hydrogen-bond donors (Lipinski definition) is 2. The molecular weight excluding hydrogens is 595 g/mol. The average Bonchev–Trinajstić information content (AvgIpc) is 3.48. The van der Waals surface area contributed by atoms with Crippen molar-refractivity contribution < 1.29 is 22.0 Å². The molecule has 2 atom stereocenters. The number of methoxy groups -OCH3 is 1. The average molecular weight is 618 g/mol. The molecule has 0 spiro atoms. The van der Waals surface area contributed by atoms with Crippen molar-refractivity contribution in [1.29, 1.82) is 0 Å². The number of ether oxygens (including phenoxy) is 1. The Morgan fingerprint density at radius 2 is 1.97 bits per heavy atom. The van der Waals surface area contributed by atoms with E-state index in [9.17, 15) is 12.8 Å². The number of anilines is 2. The van der Waals surface area contributed by atoms with Gasteiger partial charge in [-0.05, 0) is 72.9 Å². The summed E-state index contributed by atoms with van der Waals surface area (Å²) in [5.41, 5.74) is 1.88. The van der Waals surface area contributed by atoms with Crippen molar-refractivity contribution in [3.05, 3.63) is 94.7 Å². The number of thiocarbonyl (C=S) groups is 1. The molecule has 4 aromatic rings. The summed E-state index contributed by atoms with van der Waals surface area (Å²) in [6.07, 6.45) is 2.75. The number of halogens is 2. The molecule has 1 aliphatic heterocycles. The molecule has 0 radical (unpaired) electrons. The number of hydrogen-bond acceptors (Lipinski definition) is 6. The topological polar surface area (TPSA) is 96.7 Å². The van der Waals surface area contributed by atoms with E-state index in [1.807, 2.05) is 23.1 Å².